The van der Waals surface area contributed by atoms with Crippen molar-refractivity contribution in [3.8, 4) is 23.3 Å². The van der Waals surface area contributed by atoms with Crippen molar-refractivity contribution in [1.82, 2.24) is 0 Å². The minimum absolute atomic E-state index is 0.0412. The van der Waals surface area contributed by atoms with Crippen molar-refractivity contribution in [2.45, 2.75) is 11.8 Å². The molecule has 0 fully saturated rings. The fourth-order valence-electron chi connectivity index (χ4n) is 3.09. The highest BCUT2D eigenvalue weighted by atomic mass is 35.5. The second-order valence-electron chi connectivity index (χ2n) is 7.40. The summed E-state index contributed by atoms with van der Waals surface area (Å²) in [5.41, 5.74) is -0.378. The lowest BCUT2D eigenvalue weighted by molar-refractivity contribution is -0.384. The smallest absolute Gasteiger partial charge is 0.339 e. The van der Waals surface area contributed by atoms with E-state index in [0.717, 1.165) is 6.07 Å². The van der Waals surface area contributed by atoms with Crippen molar-refractivity contribution in [1.29, 1.82) is 5.26 Å². The van der Waals surface area contributed by atoms with Gasteiger partial charge in [0.05, 0.1) is 29.4 Å². The number of amides is 1. The summed E-state index contributed by atoms with van der Waals surface area (Å²) < 4.78 is 41.3. The lowest BCUT2D eigenvalue weighted by atomic mass is 10.1. The Labute approximate surface area is 223 Å². The van der Waals surface area contributed by atoms with Crippen LogP contribution in [0.3, 0.4) is 0 Å². The van der Waals surface area contributed by atoms with Crippen LogP contribution in [0.2, 0.25) is 5.02 Å². The number of hydrogen-bond acceptors (Lipinski definition) is 9. The van der Waals surface area contributed by atoms with E-state index in [1.165, 1.54) is 67.8 Å². The van der Waals surface area contributed by atoms with Crippen molar-refractivity contribution >= 4 is 45.1 Å². The molecule has 38 heavy (non-hydrogen) atoms. The predicted molar refractivity (Wildman–Crippen MR) is 139 cm³/mol. The van der Waals surface area contributed by atoms with E-state index in [0.29, 0.717) is 11.3 Å². The van der Waals surface area contributed by atoms with Crippen molar-refractivity contribution in [2.24, 2.45) is 0 Å². The van der Waals surface area contributed by atoms with Crippen molar-refractivity contribution in [3.05, 3.63) is 86.9 Å². The van der Waals surface area contributed by atoms with E-state index < -0.39 is 20.9 Å². The van der Waals surface area contributed by atoms with Crippen LogP contribution in [0.5, 0.6) is 17.2 Å². The third-order valence-electron chi connectivity index (χ3n) is 4.90. The first kappa shape index (κ1) is 28.0. The molecule has 0 saturated heterocycles. The molecule has 0 saturated carbocycles. The van der Waals surface area contributed by atoms with E-state index in [9.17, 15) is 28.6 Å². The Morgan fingerprint density at radius 3 is 2.45 bits per heavy atom. The van der Waals surface area contributed by atoms with E-state index in [2.05, 4.69) is 5.32 Å². The third kappa shape index (κ3) is 6.78. The van der Waals surface area contributed by atoms with Gasteiger partial charge in [-0.2, -0.15) is 13.7 Å². The number of carbonyl (C=O) groups is 1. The first-order chi connectivity index (χ1) is 18.1. The van der Waals surface area contributed by atoms with Gasteiger partial charge in [-0.15, -0.1) is 0 Å². The zero-order valence-electron chi connectivity index (χ0n) is 20.0. The van der Waals surface area contributed by atoms with Gasteiger partial charge in [-0.05, 0) is 61.0 Å². The number of hydrogen-bond donors (Lipinski definition) is 1. The maximum atomic E-state index is 12.7. The van der Waals surface area contributed by atoms with Gasteiger partial charge >= 0.3 is 10.1 Å². The van der Waals surface area contributed by atoms with Crippen molar-refractivity contribution in [2.75, 3.05) is 19.0 Å². The van der Waals surface area contributed by atoms with Gasteiger partial charge in [-0.25, -0.2) is 0 Å². The highest BCUT2D eigenvalue weighted by Gasteiger charge is 2.20. The fraction of sp³-hybridized carbons (Fsp3) is 0.120. The average molecular weight is 558 g/mol. The monoisotopic (exact) mass is 557 g/mol. The van der Waals surface area contributed by atoms with Crippen LogP contribution >= 0.6 is 11.6 Å². The maximum absolute atomic E-state index is 12.7. The second-order valence-corrected chi connectivity index (χ2v) is 9.35. The summed E-state index contributed by atoms with van der Waals surface area (Å²) in [6.45, 7) is 1.85. The molecule has 3 rings (SSSR count). The van der Waals surface area contributed by atoms with Crippen LogP contribution in [0.4, 0.5) is 11.4 Å². The van der Waals surface area contributed by atoms with E-state index in [-0.39, 0.29) is 45.0 Å². The van der Waals surface area contributed by atoms with Crippen LogP contribution in [0.25, 0.3) is 6.08 Å². The molecule has 1 amide bonds. The summed E-state index contributed by atoms with van der Waals surface area (Å²) in [7, 11) is -2.76. The van der Waals surface area contributed by atoms with Gasteiger partial charge < -0.3 is 19.0 Å². The van der Waals surface area contributed by atoms with Crippen molar-refractivity contribution in [3.63, 3.8) is 0 Å². The number of non-ortho nitro benzene ring substituents is 1. The molecule has 0 aliphatic rings. The van der Waals surface area contributed by atoms with Gasteiger partial charge in [0.15, 0.2) is 11.5 Å². The van der Waals surface area contributed by atoms with Gasteiger partial charge in [0, 0.05) is 12.1 Å². The molecule has 1 N–H and O–H groups in total. The summed E-state index contributed by atoms with van der Waals surface area (Å²) in [6, 6.07) is 15.0. The Morgan fingerprint density at radius 2 is 1.84 bits per heavy atom. The fourth-order valence-corrected chi connectivity index (χ4v) is 4.19. The SMILES string of the molecule is CCOc1cc(/C=C(\C#N)C(=O)Nc2cc([N+](=O)[O-])ccc2Cl)ccc1OS(=O)(=O)c1ccc(OC)cc1. The molecule has 0 spiro atoms. The summed E-state index contributed by atoms with van der Waals surface area (Å²) in [6.07, 6.45) is 1.23. The van der Waals surface area contributed by atoms with Crippen LogP contribution in [0.15, 0.2) is 71.1 Å². The molecule has 0 radical (unpaired) electrons. The first-order valence-electron chi connectivity index (χ1n) is 10.8. The summed E-state index contributed by atoms with van der Waals surface area (Å²) in [5, 5.41) is 23.0. The lowest BCUT2D eigenvalue weighted by Crippen LogP contribution is -2.14. The quantitative estimate of drug-likeness (QED) is 0.119. The molecule has 11 nitrogen and oxygen atoms in total. The third-order valence-corrected chi connectivity index (χ3v) is 6.48. The molecule has 0 unspecified atom stereocenters. The highest BCUT2D eigenvalue weighted by molar-refractivity contribution is 7.87. The van der Waals surface area contributed by atoms with E-state index >= 15 is 0 Å². The standard InChI is InChI=1S/C25H20ClN3O8S/c1-3-36-24-13-16(4-11-23(24)37-38(33,34)20-8-6-19(35-2)7-9-20)12-17(15-27)25(30)28-22-14-18(29(31)32)5-10-21(22)26/h4-14H,3H2,1-2H3,(H,28,30)/b17-12+. The molecule has 0 aromatic heterocycles. The minimum Gasteiger partial charge on any atom is -0.497 e. The Kier molecular flexibility index (Phi) is 8.90. The van der Waals surface area contributed by atoms with Gasteiger partial charge in [0.2, 0.25) is 0 Å². The number of rotatable bonds is 10. The average Bonchev–Trinajstić information content (AvgIpc) is 2.89. The maximum Gasteiger partial charge on any atom is 0.339 e. The molecule has 0 bridgehead atoms. The zero-order valence-corrected chi connectivity index (χ0v) is 21.6. The van der Waals surface area contributed by atoms with Crippen LogP contribution in [-0.2, 0) is 14.9 Å². The number of methoxy groups -OCH3 is 1. The second kappa shape index (κ2) is 12.1. The van der Waals surface area contributed by atoms with E-state index in [1.54, 1.807) is 13.0 Å². The van der Waals surface area contributed by atoms with Gasteiger partial charge in [0.25, 0.3) is 11.6 Å². The molecule has 0 atom stereocenters. The first-order valence-corrected chi connectivity index (χ1v) is 12.6. The number of nitrogens with zero attached hydrogens (tertiary/aromatic N) is 2. The van der Waals surface area contributed by atoms with Gasteiger partial charge in [0.1, 0.15) is 22.3 Å². The van der Waals surface area contributed by atoms with Crippen LogP contribution < -0.4 is 19.0 Å². The normalized spacial score (nSPS) is 11.3. The predicted octanol–water partition coefficient (Wildman–Crippen LogP) is 4.97. The Balaban J connectivity index is 1.88. The zero-order chi connectivity index (χ0) is 27.9. The van der Waals surface area contributed by atoms with Gasteiger partial charge in [-0.3, -0.25) is 14.9 Å². The Hall–Kier alpha value is -4.60. The highest BCUT2D eigenvalue weighted by Crippen LogP contribution is 2.32. The summed E-state index contributed by atoms with van der Waals surface area (Å²) in [4.78, 5) is 22.9. The summed E-state index contributed by atoms with van der Waals surface area (Å²) >= 11 is 6.01. The molecule has 3 aromatic carbocycles. The number of anilines is 1. The minimum atomic E-state index is -4.21. The number of carbonyl (C=O) groups excluding carboxylic acids is 1. The number of benzene rings is 3. The molecule has 0 aliphatic heterocycles. The number of ether oxygens (including phenoxy) is 2. The van der Waals surface area contributed by atoms with Crippen LogP contribution in [0, 0.1) is 21.4 Å². The lowest BCUT2D eigenvalue weighted by Gasteiger charge is -2.13. The van der Waals surface area contributed by atoms with E-state index in [4.69, 9.17) is 25.3 Å². The topological polar surface area (TPSA) is 158 Å². The van der Waals surface area contributed by atoms with Gasteiger partial charge in [-0.1, -0.05) is 17.7 Å². The number of nitro groups is 1. The Morgan fingerprint density at radius 1 is 1.13 bits per heavy atom. The molecule has 196 valence electrons. The molecule has 0 heterocycles. The molecular formula is C25H20ClN3O8S. The largest absolute Gasteiger partial charge is 0.497 e. The molecular weight excluding hydrogens is 538 g/mol. The Bertz CT molecular complexity index is 1550. The van der Waals surface area contributed by atoms with Crippen LogP contribution in [0.1, 0.15) is 12.5 Å². The number of nitro benzene ring substituents is 1. The molecule has 3 aromatic rings. The number of halogens is 1. The van der Waals surface area contributed by atoms with Crippen molar-refractivity contribution < 1.29 is 31.8 Å². The molecule has 0 aliphatic carbocycles. The van der Waals surface area contributed by atoms with E-state index in [1.807, 2.05) is 0 Å². The van der Waals surface area contributed by atoms with Crippen LogP contribution in [-0.4, -0.2) is 33.0 Å². The number of nitrogens with one attached hydrogen (secondary N) is 1. The number of nitriles is 1. The molecule has 13 heteroatoms. The summed E-state index contributed by atoms with van der Waals surface area (Å²) in [5.74, 6) is -0.445.